The number of methoxy groups -OCH3 is 1. The van der Waals surface area contributed by atoms with Crippen molar-refractivity contribution in [3.8, 4) is 0 Å². The molecule has 0 unspecified atom stereocenters. The second kappa shape index (κ2) is 8.05. The van der Waals surface area contributed by atoms with Crippen LogP contribution in [0.2, 0.25) is 0 Å². The molecular formula is C9H17F3O2. The van der Waals surface area contributed by atoms with Crippen molar-refractivity contribution in [1.82, 2.24) is 0 Å². The predicted molar refractivity (Wildman–Crippen MR) is 47.2 cm³/mol. The molecule has 0 fully saturated rings. The van der Waals surface area contributed by atoms with E-state index < -0.39 is 12.6 Å². The van der Waals surface area contributed by atoms with Crippen LogP contribution >= 0.6 is 0 Å². The molecule has 0 saturated heterocycles. The van der Waals surface area contributed by atoms with Crippen LogP contribution in [0.25, 0.3) is 0 Å². The summed E-state index contributed by atoms with van der Waals surface area (Å²) in [4.78, 5) is 0. The molecular weight excluding hydrogens is 197 g/mol. The summed E-state index contributed by atoms with van der Waals surface area (Å²) in [7, 11) is 1.62. The number of hydrogen-bond acceptors (Lipinski definition) is 2. The Balaban J connectivity index is 2.99. The van der Waals surface area contributed by atoms with E-state index >= 15 is 0 Å². The van der Waals surface area contributed by atoms with Gasteiger partial charge in [0.1, 0.15) is 0 Å². The van der Waals surface area contributed by atoms with Crippen molar-refractivity contribution in [2.45, 2.75) is 31.9 Å². The molecule has 0 aromatic carbocycles. The normalized spacial score (nSPS) is 12.0. The van der Waals surface area contributed by atoms with E-state index in [-0.39, 0.29) is 6.61 Å². The third-order valence-corrected chi connectivity index (χ3v) is 1.67. The topological polar surface area (TPSA) is 18.5 Å². The standard InChI is InChI=1S/C9H17F3O2/c1-13-6-3-2-4-7-14-8-5-9(10,11)12/h2-8H2,1H3. The largest absolute Gasteiger partial charge is 0.391 e. The van der Waals surface area contributed by atoms with Gasteiger partial charge >= 0.3 is 6.18 Å². The first-order chi connectivity index (χ1) is 6.56. The summed E-state index contributed by atoms with van der Waals surface area (Å²) < 4.78 is 44.6. The summed E-state index contributed by atoms with van der Waals surface area (Å²) in [5.41, 5.74) is 0. The van der Waals surface area contributed by atoms with Crippen LogP contribution in [-0.2, 0) is 9.47 Å². The molecule has 0 amide bonds. The smallest absolute Gasteiger partial charge is 0.385 e. The molecule has 0 aliphatic rings. The molecule has 5 heteroatoms. The second-order valence-corrected chi connectivity index (χ2v) is 3.03. The lowest BCUT2D eigenvalue weighted by Gasteiger charge is -2.06. The fourth-order valence-electron chi connectivity index (χ4n) is 0.917. The van der Waals surface area contributed by atoms with E-state index in [0.717, 1.165) is 19.3 Å². The van der Waals surface area contributed by atoms with E-state index in [4.69, 9.17) is 9.47 Å². The van der Waals surface area contributed by atoms with Crippen LogP contribution in [0, 0.1) is 0 Å². The van der Waals surface area contributed by atoms with Crippen molar-refractivity contribution in [3.63, 3.8) is 0 Å². The number of unbranched alkanes of at least 4 members (excludes halogenated alkanes) is 2. The van der Waals surface area contributed by atoms with Crippen LogP contribution in [0.5, 0.6) is 0 Å². The van der Waals surface area contributed by atoms with Crippen molar-refractivity contribution in [2.24, 2.45) is 0 Å². The van der Waals surface area contributed by atoms with E-state index in [0.29, 0.717) is 13.2 Å². The van der Waals surface area contributed by atoms with E-state index in [1.807, 2.05) is 0 Å². The van der Waals surface area contributed by atoms with Gasteiger partial charge in [0.15, 0.2) is 0 Å². The van der Waals surface area contributed by atoms with Crippen LogP contribution in [0.15, 0.2) is 0 Å². The maximum atomic E-state index is 11.6. The Labute approximate surface area is 82.4 Å². The van der Waals surface area contributed by atoms with Gasteiger partial charge in [0, 0.05) is 20.3 Å². The van der Waals surface area contributed by atoms with Gasteiger partial charge in [-0.25, -0.2) is 0 Å². The highest BCUT2D eigenvalue weighted by Crippen LogP contribution is 2.18. The van der Waals surface area contributed by atoms with Gasteiger partial charge in [0.2, 0.25) is 0 Å². The summed E-state index contributed by atoms with van der Waals surface area (Å²) >= 11 is 0. The second-order valence-electron chi connectivity index (χ2n) is 3.03. The van der Waals surface area contributed by atoms with E-state index in [2.05, 4.69) is 0 Å². The van der Waals surface area contributed by atoms with E-state index in [1.165, 1.54) is 0 Å². The molecule has 0 rings (SSSR count). The van der Waals surface area contributed by atoms with Crippen LogP contribution in [0.1, 0.15) is 25.7 Å². The monoisotopic (exact) mass is 214 g/mol. The lowest BCUT2D eigenvalue weighted by atomic mass is 10.2. The minimum atomic E-state index is -4.10. The first-order valence-electron chi connectivity index (χ1n) is 4.69. The number of rotatable bonds is 8. The molecule has 0 aromatic heterocycles. The number of alkyl halides is 3. The van der Waals surface area contributed by atoms with Crippen molar-refractivity contribution in [2.75, 3.05) is 26.9 Å². The van der Waals surface area contributed by atoms with Gasteiger partial charge in [-0.2, -0.15) is 13.2 Å². The number of hydrogen-bond donors (Lipinski definition) is 0. The highest BCUT2D eigenvalue weighted by Gasteiger charge is 2.26. The minimum Gasteiger partial charge on any atom is -0.385 e. The van der Waals surface area contributed by atoms with Gasteiger partial charge in [-0.1, -0.05) is 0 Å². The first-order valence-corrected chi connectivity index (χ1v) is 4.69. The summed E-state index contributed by atoms with van der Waals surface area (Å²) in [6.45, 7) is 0.871. The predicted octanol–water partition coefficient (Wildman–Crippen LogP) is 2.77. The molecule has 0 bridgehead atoms. The van der Waals surface area contributed by atoms with Crippen LogP contribution in [-0.4, -0.2) is 33.1 Å². The van der Waals surface area contributed by atoms with Crippen molar-refractivity contribution >= 4 is 0 Å². The maximum absolute atomic E-state index is 11.6. The minimum absolute atomic E-state index is 0.228. The number of halogens is 3. The maximum Gasteiger partial charge on any atom is 0.391 e. The van der Waals surface area contributed by atoms with Crippen LogP contribution < -0.4 is 0 Å². The molecule has 14 heavy (non-hydrogen) atoms. The van der Waals surface area contributed by atoms with Gasteiger partial charge in [-0.15, -0.1) is 0 Å². The lowest BCUT2D eigenvalue weighted by Crippen LogP contribution is -2.11. The fraction of sp³-hybridized carbons (Fsp3) is 1.00. The zero-order chi connectivity index (χ0) is 10.9. The first kappa shape index (κ1) is 13.7. The van der Waals surface area contributed by atoms with Gasteiger partial charge in [0.05, 0.1) is 13.0 Å². The van der Waals surface area contributed by atoms with Crippen LogP contribution in [0.4, 0.5) is 13.2 Å². The summed E-state index contributed by atoms with van der Waals surface area (Å²) in [6.07, 6.45) is -2.30. The molecule has 0 saturated carbocycles. The summed E-state index contributed by atoms with van der Waals surface area (Å²) in [6, 6.07) is 0. The summed E-state index contributed by atoms with van der Waals surface area (Å²) in [5, 5.41) is 0. The third-order valence-electron chi connectivity index (χ3n) is 1.67. The Kier molecular flexibility index (Phi) is 7.89. The fourth-order valence-corrected chi connectivity index (χ4v) is 0.917. The molecule has 0 heterocycles. The van der Waals surface area contributed by atoms with Crippen molar-refractivity contribution < 1.29 is 22.6 Å². The molecule has 0 spiro atoms. The van der Waals surface area contributed by atoms with Gasteiger partial charge in [-0.05, 0) is 19.3 Å². The van der Waals surface area contributed by atoms with Gasteiger partial charge in [0.25, 0.3) is 0 Å². The zero-order valence-electron chi connectivity index (χ0n) is 8.40. The van der Waals surface area contributed by atoms with E-state index in [9.17, 15) is 13.2 Å². The van der Waals surface area contributed by atoms with Crippen molar-refractivity contribution in [1.29, 1.82) is 0 Å². The Bertz CT molecular complexity index is 126. The molecule has 0 N–H and O–H groups in total. The average Bonchev–Trinajstić information content (AvgIpc) is 2.08. The van der Waals surface area contributed by atoms with Crippen LogP contribution in [0.3, 0.4) is 0 Å². The SMILES string of the molecule is COCCCCCOCCC(F)(F)F. The Morgan fingerprint density at radius 3 is 2.14 bits per heavy atom. The molecule has 0 atom stereocenters. The van der Waals surface area contributed by atoms with Gasteiger partial charge in [-0.3, -0.25) is 0 Å². The quantitative estimate of drug-likeness (QED) is 0.578. The lowest BCUT2D eigenvalue weighted by molar-refractivity contribution is -0.145. The molecule has 0 aromatic rings. The van der Waals surface area contributed by atoms with Crippen molar-refractivity contribution in [3.05, 3.63) is 0 Å². The van der Waals surface area contributed by atoms with E-state index in [1.54, 1.807) is 7.11 Å². The third kappa shape index (κ3) is 11.7. The molecule has 0 radical (unpaired) electrons. The molecule has 0 aliphatic carbocycles. The number of ether oxygens (including phenoxy) is 2. The molecule has 86 valence electrons. The Hall–Kier alpha value is -0.290. The molecule has 0 aliphatic heterocycles. The van der Waals surface area contributed by atoms with Gasteiger partial charge < -0.3 is 9.47 Å². The highest BCUT2D eigenvalue weighted by atomic mass is 19.4. The molecule has 2 nitrogen and oxygen atoms in total. The Morgan fingerprint density at radius 1 is 0.929 bits per heavy atom. The average molecular weight is 214 g/mol. The highest BCUT2D eigenvalue weighted by molar-refractivity contribution is 4.48. The summed E-state index contributed by atoms with van der Waals surface area (Å²) in [5.74, 6) is 0. The Morgan fingerprint density at radius 2 is 1.57 bits per heavy atom. The zero-order valence-corrected chi connectivity index (χ0v) is 8.40.